The molecule has 1 aliphatic rings. The number of amides is 1. The monoisotopic (exact) mass is 392 g/mol. The van der Waals surface area contributed by atoms with Crippen LogP contribution in [0.3, 0.4) is 0 Å². The topological polar surface area (TPSA) is 75.3 Å². The van der Waals surface area contributed by atoms with Gasteiger partial charge in [-0.25, -0.2) is 13.1 Å². The molecule has 0 aliphatic heterocycles. The summed E-state index contributed by atoms with van der Waals surface area (Å²) in [4.78, 5) is 11.7. The minimum absolute atomic E-state index is 0.0182. The average Bonchev–Trinajstić information content (AvgIpc) is 2.56. The van der Waals surface area contributed by atoms with E-state index < -0.39 is 28.7 Å². The molecule has 3 atom stereocenters. The van der Waals surface area contributed by atoms with Gasteiger partial charge in [-0.15, -0.1) is 0 Å². The predicted molar refractivity (Wildman–Crippen MR) is 91.1 cm³/mol. The first-order valence-electron chi connectivity index (χ1n) is 8.47. The van der Waals surface area contributed by atoms with E-state index in [1.165, 1.54) is 24.3 Å². The van der Waals surface area contributed by atoms with E-state index in [9.17, 15) is 26.4 Å². The molecule has 0 spiro atoms. The summed E-state index contributed by atoms with van der Waals surface area (Å²) in [5, 5.41) is 1.74. The van der Waals surface area contributed by atoms with Crippen molar-refractivity contribution in [2.75, 3.05) is 6.54 Å². The van der Waals surface area contributed by atoms with Gasteiger partial charge in [-0.05, 0) is 42.5 Å². The van der Waals surface area contributed by atoms with E-state index in [1.54, 1.807) is 5.32 Å². The standard InChI is InChI=1S/C17H23F3N2O3S/c1-11-4-3-5-15(12(11)2)22-26(24,25)14-8-6-13(7-9-14)16(23)21-10-17(18,19)20/h6-9,11-12,15,22H,3-5,10H2,1-2H3,(H,21,23)/t11-,12-,15-/m1/s1. The molecule has 0 saturated heterocycles. The van der Waals surface area contributed by atoms with Crippen LogP contribution >= 0.6 is 0 Å². The minimum atomic E-state index is -4.50. The number of sulfonamides is 1. The van der Waals surface area contributed by atoms with E-state index in [1.807, 2.05) is 6.92 Å². The van der Waals surface area contributed by atoms with Gasteiger partial charge in [-0.2, -0.15) is 13.2 Å². The summed E-state index contributed by atoms with van der Waals surface area (Å²) in [7, 11) is -3.76. The summed E-state index contributed by atoms with van der Waals surface area (Å²) in [6, 6.07) is 4.70. The van der Waals surface area contributed by atoms with Gasteiger partial charge < -0.3 is 5.32 Å². The van der Waals surface area contributed by atoms with Gasteiger partial charge in [0.1, 0.15) is 6.54 Å². The normalized spacial score (nSPS) is 24.3. The Labute approximate surface area is 151 Å². The zero-order valence-electron chi connectivity index (χ0n) is 14.6. The Morgan fingerprint density at radius 1 is 1.15 bits per heavy atom. The number of carbonyl (C=O) groups is 1. The van der Waals surface area contributed by atoms with Crippen LogP contribution in [0.2, 0.25) is 0 Å². The van der Waals surface area contributed by atoms with Crippen LogP contribution in [-0.4, -0.2) is 33.1 Å². The number of hydrogen-bond acceptors (Lipinski definition) is 3. The van der Waals surface area contributed by atoms with Gasteiger partial charge in [0.05, 0.1) is 4.90 Å². The van der Waals surface area contributed by atoms with E-state index in [0.29, 0.717) is 5.92 Å². The molecule has 2 N–H and O–H groups in total. The maximum absolute atomic E-state index is 12.5. The minimum Gasteiger partial charge on any atom is -0.343 e. The zero-order chi connectivity index (χ0) is 19.5. The first kappa shape index (κ1) is 20.7. The molecule has 0 radical (unpaired) electrons. The number of nitrogens with one attached hydrogen (secondary N) is 2. The molecule has 0 aromatic heterocycles. The lowest BCUT2D eigenvalue weighted by atomic mass is 9.78. The molecule has 0 heterocycles. The fourth-order valence-corrected chi connectivity index (χ4v) is 4.45. The largest absolute Gasteiger partial charge is 0.405 e. The van der Waals surface area contributed by atoms with Gasteiger partial charge in [-0.3, -0.25) is 4.79 Å². The highest BCUT2D eigenvalue weighted by Crippen LogP contribution is 2.30. The van der Waals surface area contributed by atoms with Gasteiger partial charge in [-0.1, -0.05) is 26.7 Å². The van der Waals surface area contributed by atoms with Crippen LogP contribution in [0.15, 0.2) is 29.2 Å². The van der Waals surface area contributed by atoms with Crippen molar-refractivity contribution in [3.63, 3.8) is 0 Å². The van der Waals surface area contributed by atoms with Gasteiger partial charge in [0.15, 0.2) is 0 Å². The average molecular weight is 392 g/mol. The maximum atomic E-state index is 12.5. The fraction of sp³-hybridized carbons (Fsp3) is 0.588. The van der Waals surface area contributed by atoms with Gasteiger partial charge in [0.25, 0.3) is 5.91 Å². The summed E-state index contributed by atoms with van der Waals surface area (Å²) < 4.78 is 64.2. The number of carbonyl (C=O) groups excluding carboxylic acids is 1. The molecule has 146 valence electrons. The summed E-state index contributed by atoms with van der Waals surface area (Å²) in [5.41, 5.74) is -0.0344. The van der Waals surface area contributed by atoms with Gasteiger partial charge >= 0.3 is 6.18 Å². The second kappa shape index (κ2) is 7.96. The SMILES string of the molecule is C[C@@H]1[C@H](C)CCC[C@H]1NS(=O)(=O)c1ccc(C(=O)NCC(F)(F)F)cc1. The van der Waals surface area contributed by atoms with Crippen LogP contribution in [0.4, 0.5) is 13.2 Å². The molecule has 0 bridgehead atoms. The first-order chi connectivity index (χ1) is 12.0. The molecule has 1 fully saturated rings. The highest BCUT2D eigenvalue weighted by atomic mass is 32.2. The summed E-state index contributed by atoms with van der Waals surface area (Å²) >= 11 is 0. The lowest BCUT2D eigenvalue weighted by molar-refractivity contribution is -0.123. The fourth-order valence-electron chi connectivity index (χ4n) is 3.08. The molecule has 9 heteroatoms. The third kappa shape index (κ3) is 5.44. The van der Waals surface area contributed by atoms with Crippen molar-refractivity contribution in [2.24, 2.45) is 11.8 Å². The molecule has 1 aromatic rings. The van der Waals surface area contributed by atoms with Crippen molar-refractivity contribution in [3.05, 3.63) is 29.8 Å². The Morgan fingerprint density at radius 2 is 1.77 bits per heavy atom. The highest BCUT2D eigenvalue weighted by Gasteiger charge is 2.31. The number of hydrogen-bond donors (Lipinski definition) is 2. The maximum Gasteiger partial charge on any atom is 0.405 e. The summed E-state index contributed by atoms with van der Waals surface area (Å²) in [6.07, 6.45) is -1.71. The van der Waals surface area contributed by atoms with Crippen molar-refractivity contribution in [2.45, 2.75) is 50.2 Å². The van der Waals surface area contributed by atoms with Crippen molar-refractivity contribution in [1.82, 2.24) is 10.0 Å². The third-order valence-electron chi connectivity index (χ3n) is 4.89. The van der Waals surface area contributed by atoms with Crippen LogP contribution in [-0.2, 0) is 10.0 Å². The molecule has 26 heavy (non-hydrogen) atoms. The van der Waals surface area contributed by atoms with Crippen molar-refractivity contribution in [3.8, 4) is 0 Å². The van der Waals surface area contributed by atoms with E-state index in [-0.39, 0.29) is 22.4 Å². The zero-order valence-corrected chi connectivity index (χ0v) is 15.5. The van der Waals surface area contributed by atoms with Crippen molar-refractivity contribution < 1.29 is 26.4 Å². The quantitative estimate of drug-likeness (QED) is 0.809. The Bertz CT molecular complexity index is 733. The van der Waals surface area contributed by atoms with E-state index in [0.717, 1.165) is 19.3 Å². The highest BCUT2D eigenvalue weighted by molar-refractivity contribution is 7.89. The van der Waals surface area contributed by atoms with Crippen LogP contribution in [0.5, 0.6) is 0 Å². The predicted octanol–water partition coefficient (Wildman–Crippen LogP) is 3.08. The van der Waals surface area contributed by atoms with Crippen LogP contribution in [0.25, 0.3) is 0 Å². The molecular formula is C17H23F3N2O3S. The number of benzene rings is 1. The smallest absolute Gasteiger partial charge is 0.343 e. The molecule has 2 rings (SSSR count). The van der Waals surface area contributed by atoms with Gasteiger partial charge in [0, 0.05) is 11.6 Å². The molecular weight excluding hydrogens is 369 g/mol. The van der Waals surface area contributed by atoms with Crippen molar-refractivity contribution in [1.29, 1.82) is 0 Å². The summed E-state index contributed by atoms with van der Waals surface area (Å²) in [6.45, 7) is 2.68. The molecule has 1 saturated carbocycles. The van der Waals surface area contributed by atoms with E-state index >= 15 is 0 Å². The Kier molecular flexibility index (Phi) is 6.33. The van der Waals surface area contributed by atoms with E-state index in [2.05, 4.69) is 11.6 Å². The number of rotatable bonds is 5. The van der Waals surface area contributed by atoms with Crippen LogP contribution < -0.4 is 10.0 Å². The number of halogens is 3. The Hall–Kier alpha value is -1.61. The lowest BCUT2D eigenvalue weighted by Crippen LogP contribution is -2.43. The number of alkyl halides is 3. The first-order valence-corrected chi connectivity index (χ1v) is 9.95. The second-order valence-corrected chi connectivity index (χ2v) is 8.53. The Balaban J connectivity index is 2.05. The molecule has 1 aliphatic carbocycles. The molecule has 5 nitrogen and oxygen atoms in total. The third-order valence-corrected chi connectivity index (χ3v) is 6.40. The van der Waals surface area contributed by atoms with Crippen LogP contribution in [0, 0.1) is 11.8 Å². The summed E-state index contributed by atoms with van der Waals surface area (Å²) in [5.74, 6) is -0.268. The molecule has 0 unspecified atom stereocenters. The van der Waals surface area contributed by atoms with Crippen LogP contribution in [0.1, 0.15) is 43.5 Å². The second-order valence-electron chi connectivity index (χ2n) is 6.82. The lowest BCUT2D eigenvalue weighted by Gasteiger charge is -2.34. The van der Waals surface area contributed by atoms with Gasteiger partial charge in [0.2, 0.25) is 10.0 Å². The molecule has 1 amide bonds. The Morgan fingerprint density at radius 3 is 2.35 bits per heavy atom. The van der Waals surface area contributed by atoms with Crippen molar-refractivity contribution >= 4 is 15.9 Å². The molecule has 1 aromatic carbocycles. The van der Waals surface area contributed by atoms with E-state index in [4.69, 9.17) is 0 Å².